The molecule has 1 aliphatic rings. The van der Waals surface area contributed by atoms with Gasteiger partial charge in [0.2, 0.25) is 5.91 Å². The van der Waals surface area contributed by atoms with Crippen LogP contribution < -0.4 is 5.73 Å². The van der Waals surface area contributed by atoms with Gasteiger partial charge in [-0.3, -0.25) is 4.79 Å². The zero-order valence-electron chi connectivity index (χ0n) is 10.6. The van der Waals surface area contributed by atoms with Crippen LogP contribution in [-0.2, 0) is 9.53 Å². The topological polar surface area (TPSA) is 75.8 Å². The molecule has 1 fully saturated rings. The molecule has 5 nitrogen and oxygen atoms in total. The summed E-state index contributed by atoms with van der Waals surface area (Å²) in [7, 11) is 0. The van der Waals surface area contributed by atoms with Crippen molar-refractivity contribution < 1.29 is 14.6 Å². The van der Waals surface area contributed by atoms with Crippen molar-refractivity contribution >= 4 is 5.91 Å². The molecule has 17 heavy (non-hydrogen) atoms. The number of ether oxygens (including phenoxy) is 1. The summed E-state index contributed by atoms with van der Waals surface area (Å²) in [5, 5.41) is 9.05. The Kier molecular flexibility index (Phi) is 6.47. The van der Waals surface area contributed by atoms with E-state index in [0.29, 0.717) is 26.1 Å². The number of rotatable bonds is 6. The lowest BCUT2D eigenvalue weighted by Crippen LogP contribution is -2.51. The molecule has 1 amide bonds. The van der Waals surface area contributed by atoms with Crippen LogP contribution in [0.15, 0.2) is 0 Å². The van der Waals surface area contributed by atoms with E-state index in [0.717, 1.165) is 19.3 Å². The molecule has 3 N–H and O–H groups in total. The number of unbranched alkanes of at least 4 members (excludes halogenated alkanes) is 2. The van der Waals surface area contributed by atoms with Gasteiger partial charge in [0.25, 0.3) is 0 Å². The van der Waals surface area contributed by atoms with Crippen LogP contribution in [0.3, 0.4) is 0 Å². The monoisotopic (exact) mass is 244 g/mol. The van der Waals surface area contributed by atoms with Gasteiger partial charge < -0.3 is 20.5 Å². The lowest BCUT2D eigenvalue weighted by atomic mass is 10.1. The molecular weight excluding hydrogens is 220 g/mol. The van der Waals surface area contributed by atoms with Crippen LogP contribution in [0.5, 0.6) is 0 Å². The number of aliphatic hydroxyl groups excluding tert-OH is 1. The van der Waals surface area contributed by atoms with Crippen molar-refractivity contribution in [3.63, 3.8) is 0 Å². The Balaban J connectivity index is 2.32. The maximum Gasteiger partial charge on any atom is 0.222 e. The van der Waals surface area contributed by atoms with Crippen molar-refractivity contribution in [1.82, 2.24) is 4.90 Å². The van der Waals surface area contributed by atoms with E-state index in [1.54, 1.807) is 0 Å². The molecule has 0 saturated carbocycles. The lowest BCUT2D eigenvalue weighted by Gasteiger charge is -2.37. The fraction of sp³-hybridized carbons (Fsp3) is 0.917. The molecule has 0 spiro atoms. The van der Waals surface area contributed by atoms with Crippen molar-refractivity contribution in [1.29, 1.82) is 0 Å². The van der Waals surface area contributed by atoms with E-state index in [1.807, 2.05) is 11.8 Å². The zero-order chi connectivity index (χ0) is 12.7. The SMILES string of the molecule is CC1COC(CO)CN1C(=O)CCCCCN. The van der Waals surface area contributed by atoms with Gasteiger partial charge in [-0.15, -0.1) is 0 Å². The van der Waals surface area contributed by atoms with Crippen LogP contribution in [0.1, 0.15) is 32.6 Å². The second-order valence-electron chi connectivity index (χ2n) is 4.63. The molecule has 1 saturated heterocycles. The van der Waals surface area contributed by atoms with Gasteiger partial charge >= 0.3 is 0 Å². The van der Waals surface area contributed by atoms with Crippen LogP contribution in [-0.4, -0.2) is 54.4 Å². The molecule has 1 aliphatic heterocycles. The molecule has 1 heterocycles. The molecule has 100 valence electrons. The summed E-state index contributed by atoms with van der Waals surface area (Å²) in [6.45, 7) is 3.66. The number of amides is 1. The van der Waals surface area contributed by atoms with E-state index in [9.17, 15) is 4.79 Å². The number of carbonyl (C=O) groups is 1. The lowest BCUT2D eigenvalue weighted by molar-refractivity contribution is -0.146. The molecule has 5 heteroatoms. The highest BCUT2D eigenvalue weighted by Crippen LogP contribution is 2.14. The minimum Gasteiger partial charge on any atom is -0.394 e. The largest absolute Gasteiger partial charge is 0.394 e. The number of carbonyl (C=O) groups excluding carboxylic acids is 1. The van der Waals surface area contributed by atoms with Crippen molar-refractivity contribution in [3.05, 3.63) is 0 Å². The minimum absolute atomic E-state index is 0.0241. The number of aliphatic hydroxyl groups is 1. The minimum atomic E-state index is -0.223. The highest BCUT2D eigenvalue weighted by atomic mass is 16.5. The Morgan fingerprint density at radius 3 is 2.88 bits per heavy atom. The second kappa shape index (κ2) is 7.63. The Morgan fingerprint density at radius 1 is 1.47 bits per heavy atom. The van der Waals surface area contributed by atoms with Gasteiger partial charge in [-0.05, 0) is 26.3 Å². The summed E-state index contributed by atoms with van der Waals surface area (Å²) in [6.07, 6.45) is 3.22. The van der Waals surface area contributed by atoms with Gasteiger partial charge in [0, 0.05) is 13.0 Å². The third kappa shape index (κ3) is 4.61. The number of morpholine rings is 1. The van der Waals surface area contributed by atoms with Gasteiger partial charge in [-0.1, -0.05) is 6.42 Å². The Morgan fingerprint density at radius 2 is 2.24 bits per heavy atom. The summed E-state index contributed by atoms with van der Waals surface area (Å²) >= 11 is 0. The molecule has 0 aromatic heterocycles. The zero-order valence-corrected chi connectivity index (χ0v) is 10.6. The summed E-state index contributed by atoms with van der Waals surface area (Å²) in [6, 6.07) is 0.111. The van der Waals surface area contributed by atoms with Crippen molar-refractivity contribution in [2.45, 2.75) is 44.8 Å². The first-order valence-corrected chi connectivity index (χ1v) is 6.41. The Hall–Kier alpha value is -0.650. The van der Waals surface area contributed by atoms with E-state index in [2.05, 4.69) is 0 Å². The smallest absolute Gasteiger partial charge is 0.222 e. The fourth-order valence-electron chi connectivity index (χ4n) is 2.02. The average Bonchev–Trinajstić information content (AvgIpc) is 2.35. The number of nitrogens with two attached hydrogens (primary N) is 1. The van der Waals surface area contributed by atoms with Crippen LogP contribution in [0.4, 0.5) is 0 Å². The number of hydrogen-bond acceptors (Lipinski definition) is 4. The maximum absolute atomic E-state index is 12.0. The van der Waals surface area contributed by atoms with Crippen molar-refractivity contribution in [2.75, 3.05) is 26.3 Å². The molecule has 0 aromatic carbocycles. The third-order valence-corrected chi connectivity index (χ3v) is 3.12. The van der Waals surface area contributed by atoms with Gasteiger partial charge in [0.15, 0.2) is 0 Å². The molecule has 0 aliphatic carbocycles. The van der Waals surface area contributed by atoms with Crippen molar-refractivity contribution in [2.24, 2.45) is 5.73 Å². The molecule has 0 radical (unpaired) electrons. The first-order chi connectivity index (χ1) is 8.19. The molecule has 0 bridgehead atoms. The number of hydrogen-bond donors (Lipinski definition) is 2. The Labute approximate surface area is 103 Å². The first kappa shape index (κ1) is 14.4. The van der Waals surface area contributed by atoms with E-state index in [-0.39, 0.29) is 24.7 Å². The summed E-state index contributed by atoms with van der Waals surface area (Å²) < 4.78 is 5.40. The van der Waals surface area contributed by atoms with Gasteiger partial charge in [0.1, 0.15) is 0 Å². The molecule has 2 unspecified atom stereocenters. The summed E-state index contributed by atoms with van der Waals surface area (Å²) in [4.78, 5) is 13.8. The fourth-order valence-corrected chi connectivity index (χ4v) is 2.02. The first-order valence-electron chi connectivity index (χ1n) is 6.41. The Bertz CT molecular complexity index is 236. The standard InChI is InChI=1S/C12H24N2O3/c1-10-9-17-11(8-15)7-14(10)12(16)5-3-2-4-6-13/h10-11,15H,2-9,13H2,1H3. The van der Waals surface area contributed by atoms with Crippen LogP contribution in [0.2, 0.25) is 0 Å². The molecule has 2 atom stereocenters. The predicted molar refractivity (Wildman–Crippen MR) is 65.5 cm³/mol. The molecule has 0 aromatic rings. The summed E-state index contributed by atoms with van der Waals surface area (Å²) in [5.74, 6) is 0.163. The number of nitrogens with zero attached hydrogens (tertiary/aromatic N) is 1. The van der Waals surface area contributed by atoms with Crippen LogP contribution in [0, 0.1) is 0 Å². The quantitative estimate of drug-likeness (QED) is 0.650. The highest BCUT2D eigenvalue weighted by Gasteiger charge is 2.28. The van der Waals surface area contributed by atoms with E-state index in [4.69, 9.17) is 15.6 Å². The van der Waals surface area contributed by atoms with Crippen LogP contribution in [0.25, 0.3) is 0 Å². The van der Waals surface area contributed by atoms with E-state index in [1.165, 1.54) is 0 Å². The highest BCUT2D eigenvalue weighted by molar-refractivity contribution is 5.76. The predicted octanol–water partition coefficient (Wildman–Crippen LogP) is 0.114. The van der Waals surface area contributed by atoms with Crippen LogP contribution >= 0.6 is 0 Å². The molecular formula is C12H24N2O3. The average molecular weight is 244 g/mol. The van der Waals surface area contributed by atoms with Gasteiger partial charge in [0.05, 0.1) is 25.4 Å². The van der Waals surface area contributed by atoms with E-state index < -0.39 is 0 Å². The second-order valence-corrected chi connectivity index (χ2v) is 4.63. The summed E-state index contributed by atoms with van der Waals surface area (Å²) in [5.41, 5.74) is 5.41. The van der Waals surface area contributed by atoms with Gasteiger partial charge in [-0.25, -0.2) is 0 Å². The third-order valence-electron chi connectivity index (χ3n) is 3.12. The molecule has 1 rings (SSSR count). The van der Waals surface area contributed by atoms with E-state index >= 15 is 0 Å². The van der Waals surface area contributed by atoms with Gasteiger partial charge in [-0.2, -0.15) is 0 Å². The maximum atomic E-state index is 12.0. The van der Waals surface area contributed by atoms with Crippen molar-refractivity contribution in [3.8, 4) is 0 Å². The normalized spacial score (nSPS) is 25.0.